The average Bonchev–Trinajstić information content (AvgIpc) is 2.95. The molecule has 2 aliphatic carbocycles. The number of benzene rings is 1. The molecule has 0 aliphatic heterocycles. The summed E-state index contributed by atoms with van der Waals surface area (Å²) in [4.78, 5) is 23.4. The first-order valence-corrected chi connectivity index (χ1v) is 11.2. The molecule has 0 amide bonds. The number of carbonyl (C=O) groups excluding carboxylic acids is 1. The van der Waals surface area contributed by atoms with Crippen molar-refractivity contribution in [3.8, 4) is 0 Å². The Morgan fingerprint density at radius 1 is 1.27 bits per heavy atom. The van der Waals surface area contributed by atoms with Gasteiger partial charge in [0.2, 0.25) is 0 Å². The van der Waals surface area contributed by atoms with E-state index in [1.54, 1.807) is 24.3 Å². The van der Waals surface area contributed by atoms with Gasteiger partial charge in [-0.2, -0.15) is 0 Å². The smallest absolute Gasteiger partial charge is 0.335 e. The Morgan fingerprint density at radius 3 is 2.53 bits per heavy atom. The first kappa shape index (κ1) is 22.7. The molecule has 5 heteroatoms. The van der Waals surface area contributed by atoms with E-state index in [4.69, 9.17) is 5.11 Å². The van der Waals surface area contributed by atoms with Crippen LogP contribution in [0.4, 0.5) is 0 Å². The molecule has 30 heavy (non-hydrogen) atoms. The highest BCUT2D eigenvalue weighted by molar-refractivity contribution is 5.87. The Kier molecular flexibility index (Phi) is 7.48. The zero-order valence-electron chi connectivity index (χ0n) is 17.8. The largest absolute Gasteiger partial charge is 0.478 e. The summed E-state index contributed by atoms with van der Waals surface area (Å²) in [6.45, 7) is 2.16. The molecule has 0 heterocycles. The summed E-state index contributed by atoms with van der Waals surface area (Å²) in [7, 11) is 0. The van der Waals surface area contributed by atoms with Crippen LogP contribution in [0.1, 0.15) is 74.2 Å². The molecule has 0 aromatic heterocycles. The van der Waals surface area contributed by atoms with Crippen LogP contribution in [-0.4, -0.2) is 39.3 Å². The first-order valence-electron chi connectivity index (χ1n) is 11.2. The van der Waals surface area contributed by atoms with Crippen LogP contribution >= 0.6 is 0 Å². The highest BCUT2D eigenvalue weighted by Crippen LogP contribution is 2.48. The number of hydrogen-bond acceptors (Lipinski definition) is 4. The lowest BCUT2D eigenvalue weighted by atomic mass is 9.62. The number of aryl methyl sites for hydroxylation is 1. The third-order valence-corrected chi connectivity index (χ3v) is 7.20. The maximum Gasteiger partial charge on any atom is 0.335 e. The molecule has 0 saturated heterocycles. The minimum Gasteiger partial charge on any atom is -0.478 e. The van der Waals surface area contributed by atoms with E-state index in [2.05, 4.69) is 6.92 Å². The van der Waals surface area contributed by atoms with E-state index in [0.29, 0.717) is 19.3 Å². The molecular formula is C25H34O5. The summed E-state index contributed by atoms with van der Waals surface area (Å²) in [5.41, 5.74) is 1.29. The lowest BCUT2D eigenvalue weighted by Crippen LogP contribution is -2.41. The van der Waals surface area contributed by atoms with Crippen molar-refractivity contribution < 1.29 is 24.9 Å². The van der Waals surface area contributed by atoms with E-state index >= 15 is 0 Å². The first-order chi connectivity index (χ1) is 14.4. The van der Waals surface area contributed by atoms with Gasteiger partial charge in [0, 0.05) is 18.3 Å². The monoisotopic (exact) mass is 414 g/mol. The number of ketones is 1. The molecule has 164 valence electrons. The van der Waals surface area contributed by atoms with Crippen molar-refractivity contribution in [1.29, 1.82) is 0 Å². The van der Waals surface area contributed by atoms with Crippen molar-refractivity contribution in [2.24, 2.45) is 17.3 Å². The lowest BCUT2D eigenvalue weighted by molar-refractivity contribution is -0.121. The van der Waals surface area contributed by atoms with Crippen molar-refractivity contribution >= 4 is 11.8 Å². The molecule has 1 unspecified atom stereocenters. The molecule has 0 spiro atoms. The van der Waals surface area contributed by atoms with Gasteiger partial charge in [0.05, 0.1) is 17.8 Å². The Labute approximate surface area is 178 Å². The second-order valence-corrected chi connectivity index (χ2v) is 9.11. The number of rotatable bonds is 10. The molecule has 1 aromatic rings. The number of carboxylic acid groups (broad SMARTS) is 1. The van der Waals surface area contributed by atoms with Gasteiger partial charge in [-0.05, 0) is 61.6 Å². The summed E-state index contributed by atoms with van der Waals surface area (Å²) < 4.78 is 0. The average molecular weight is 415 g/mol. The van der Waals surface area contributed by atoms with Crippen molar-refractivity contribution in [2.45, 2.75) is 76.9 Å². The SMILES string of the molecule is CCCC1(C(O)C/C=C/[C@H]2[C@H](O)CC(=O)[C@@H]2CCc2ccc(C(=O)O)cc2)CCC1. The molecule has 3 N–H and O–H groups in total. The van der Waals surface area contributed by atoms with E-state index in [-0.39, 0.29) is 41.1 Å². The second kappa shape index (κ2) is 9.88. The maximum atomic E-state index is 12.4. The standard InChI is InChI=1S/C25H34O5/c1-2-13-25(14-4-15-25)23(28)6-3-5-19-20(22(27)16-21(19)26)12-9-17-7-10-18(11-8-17)24(29)30/h3,5,7-8,10-11,19-21,23,26,28H,2,4,6,9,12-16H2,1H3,(H,29,30)/b5-3+/t19-,20-,21-,23?/m1/s1. The summed E-state index contributed by atoms with van der Waals surface area (Å²) in [6.07, 6.45) is 10.4. The normalized spacial score (nSPS) is 26.6. The van der Waals surface area contributed by atoms with Crippen LogP contribution in [0.3, 0.4) is 0 Å². The van der Waals surface area contributed by atoms with Crippen LogP contribution < -0.4 is 0 Å². The number of aliphatic hydroxyl groups excluding tert-OH is 2. The third kappa shape index (κ3) is 5.01. The van der Waals surface area contributed by atoms with Gasteiger partial charge in [-0.3, -0.25) is 4.79 Å². The van der Waals surface area contributed by atoms with Crippen LogP contribution in [0.5, 0.6) is 0 Å². The number of aromatic carboxylic acids is 1. The molecule has 3 rings (SSSR count). The number of carbonyl (C=O) groups is 2. The summed E-state index contributed by atoms with van der Waals surface area (Å²) in [5.74, 6) is -1.32. The predicted molar refractivity (Wildman–Crippen MR) is 115 cm³/mol. The van der Waals surface area contributed by atoms with Crippen LogP contribution in [0.15, 0.2) is 36.4 Å². The van der Waals surface area contributed by atoms with Gasteiger partial charge in [-0.15, -0.1) is 0 Å². The van der Waals surface area contributed by atoms with Crippen molar-refractivity contribution in [3.63, 3.8) is 0 Å². The van der Waals surface area contributed by atoms with Crippen LogP contribution in [-0.2, 0) is 11.2 Å². The van der Waals surface area contributed by atoms with Crippen molar-refractivity contribution in [2.75, 3.05) is 0 Å². The topological polar surface area (TPSA) is 94.8 Å². The predicted octanol–water partition coefficient (Wildman–Crippen LogP) is 4.16. The van der Waals surface area contributed by atoms with Crippen LogP contribution in [0, 0.1) is 17.3 Å². The van der Waals surface area contributed by atoms with E-state index < -0.39 is 12.1 Å². The van der Waals surface area contributed by atoms with Gasteiger partial charge in [0.1, 0.15) is 5.78 Å². The Balaban J connectivity index is 1.58. The fourth-order valence-corrected chi connectivity index (χ4v) is 5.22. The van der Waals surface area contributed by atoms with Gasteiger partial charge >= 0.3 is 5.97 Å². The molecule has 0 bridgehead atoms. The van der Waals surface area contributed by atoms with Crippen molar-refractivity contribution in [1.82, 2.24) is 0 Å². The maximum absolute atomic E-state index is 12.4. The van der Waals surface area contributed by atoms with E-state index in [0.717, 1.165) is 31.2 Å². The molecule has 0 radical (unpaired) electrons. The van der Waals surface area contributed by atoms with Gasteiger partial charge in [0.25, 0.3) is 0 Å². The molecule has 5 nitrogen and oxygen atoms in total. The second-order valence-electron chi connectivity index (χ2n) is 9.11. The van der Waals surface area contributed by atoms with E-state index in [1.807, 2.05) is 12.2 Å². The fraction of sp³-hybridized carbons (Fsp3) is 0.600. The third-order valence-electron chi connectivity index (χ3n) is 7.20. The van der Waals surface area contributed by atoms with Gasteiger partial charge < -0.3 is 15.3 Å². The molecular weight excluding hydrogens is 380 g/mol. The van der Waals surface area contributed by atoms with Gasteiger partial charge in [-0.1, -0.05) is 44.1 Å². The minimum atomic E-state index is -0.953. The van der Waals surface area contributed by atoms with Crippen LogP contribution in [0.25, 0.3) is 0 Å². The highest BCUT2D eigenvalue weighted by Gasteiger charge is 2.42. The number of aliphatic hydroxyl groups is 2. The zero-order valence-corrected chi connectivity index (χ0v) is 17.8. The molecule has 4 atom stereocenters. The lowest BCUT2D eigenvalue weighted by Gasteiger charge is -2.45. The Hall–Kier alpha value is -1.98. The Bertz CT molecular complexity index is 762. The number of carboxylic acids is 1. The molecule has 2 saturated carbocycles. The summed E-state index contributed by atoms with van der Waals surface area (Å²) in [6, 6.07) is 6.72. The van der Waals surface area contributed by atoms with Gasteiger partial charge in [-0.25, -0.2) is 4.79 Å². The quantitative estimate of drug-likeness (QED) is 0.500. The molecule has 2 aliphatic rings. The summed E-state index contributed by atoms with van der Waals surface area (Å²) >= 11 is 0. The van der Waals surface area contributed by atoms with E-state index in [1.165, 1.54) is 6.42 Å². The fourth-order valence-electron chi connectivity index (χ4n) is 5.22. The van der Waals surface area contributed by atoms with Crippen LogP contribution in [0.2, 0.25) is 0 Å². The molecule has 1 aromatic carbocycles. The zero-order chi connectivity index (χ0) is 21.7. The Morgan fingerprint density at radius 2 is 1.97 bits per heavy atom. The van der Waals surface area contributed by atoms with E-state index in [9.17, 15) is 19.8 Å². The highest BCUT2D eigenvalue weighted by atomic mass is 16.4. The van der Waals surface area contributed by atoms with Gasteiger partial charge in [0.15, 0.2) is 0 Å². The minimum absolute atomic E-state index is 0.0602. The number of hydrogen-bond donors (Lipinski definition) is 3. The number of Topliss-reactive ketones (excluding diaryl/α,β-unsaturated/α-hetero) is 1. The summed E-state index contributed by atoms with van der Waals surface area (Å²) in [5, 5.41) is 30.1. The molecule has 2 fully saturated rings. The van der Waals surface area contributed by atoms with Crippen molar-refractivity contribution in [3.05, 3.63) is 47.5 Å².